The first kappa shape index (κ1) is 13.9. The molecule has 0 spiro atoms. The Morgan fingerprint density at radius 1 is 1.25 bits per heavy atom. The van der Waals surface area contributed by atoms with Crippen LogP contribution in [0.15, 0.2) is 24.3 Å². The fourth-order valence-electron chi connectivity index (χ4n) is 3.45. The molecule has 3 rings (SSSR count). The third-order valence-corrected chi connectivity index (χ3v) is 4.52. The third kappa shape index (κ3) is 2.99. The minimum Gasteiger partial charge on any atom is -0.493 e. The van der Waals surface area contributed by atoms with Gasteiger partial charge in [0.1, 0.15) is 5.75 Å². The number of hydrogen-bond donors (Lipinski definition) is 1. The average Bonchev–Trinajstić information content (AvgIpc) is 3.02. The van der Waals surface area contributed by atoms with E-state index in [2.05, 4.69) is 36.5 Å². The van der Waals surface area contributed by atoms with Gasteiger partial charge in [0.05, 0.1) is 13.2 Å². The lowest BCUT2D eigenvalue weighted by atomic mass is 9.82. The molecule has 2 aliphatic rings. The number of hydrogen-bond acceptors (Lipinski definition) is 3. The molecule has 0 aromatic heterocycles. The number of para-hydroxylation sites is 1. The van der Waals surface area contributed by atoms with Crippen LogP contribution in [0.2, 0.25) is 0 Å². The van der Waals surface area contributed by atoms with Crippen molar-refractivity contribution in [1.82, 2.24) is 5.32 Å². The van der Waals surface area contributed by atoms with E-state index < -0.39 is 0 Å². The molecule has 0 saturated carbocycles. The summed E-state index contributed by atoms with van der Waals surface area (Å²) in [6.45, 7) is 5.95. The van der Waals surface area contributed by atoms with Crippen LogP contribution < -0.4 is 10.1 Å². The molecule has 1 aromatic rings. The van der Waals surface area contributed by atoms with Crippen LogP contribution in [0.3, 0.4) is 0 Å². The predicted octanol–water partition coefficient (Wildman–Crippen LogP) is 2.64. The summed E-state index contributed by atoms with van der Waals surface area (Å²) in [5.41, 5.74) is 1.35. The van der Waals surface area contributed by atoms with E-state index in [0.717, 1.165) is 38.5 Å². The highest BCUT2D eigenvalue weighted by atomic mass is 16.5. The summed E-state index contributed by atoms with van der Waals surface area (Å²) in [5.74, 6) is 2.27. The maximum atomic E-state index is 5.98. The second-order valence-corrected chi connectivity index (χ2v) is 5.99. The van der Waals surface area contributed by atoms with Crippen molar-refractivity contribution in [2.24, 2.45) is 11.8 Å². The highest BCUT2D eigenvalue weighted by molar-refractivity contribution is 5.35. The molecule has 3 atom stereocenters. The molecule has 0 bridgehead atoms. The minimum absolute atomic E-state index is 0.519. The van der Waals surface area contributed by atoms with E-state index in [4.69, 9.17) is 9.47 Å². The lowest BCUT2D eigenvalue weighted by Gasteiger charge is -2.35. The fourth-order valence-corrected chi connectivity index (χ4v) is 3.45. The Morgan fingerprint density at radius 3 is 2.95 bits per heavy atom. The Morgan fingerprint density at radius 2 is 2.15 bits per heavy atom. The van der Waals surface area contributed by atoms with Gasteiger partial charge < -0.3 is 14.8 Å². The molecule has 0 amide bonds. The molecule has 0 radical (unpaired) electrons. The van der Waals surface area contributed by atoms with Gasteiger partial charge >= 0.3 is 0 Å². The Hall–Kier alpha value is -1.06. The van der Waals surface area contributed by atoms with Crippen LogP contribution in [-0.2, 0) is 11.2 Å². The average molecular weight is 275 g/mol. The van der Waals surface area contributed by atoms with E-state index in [9.17, 15) is 0 Å². The van der Waals surface area contributed by atoms with E-state index in [1.807, 2.05) is 0 Å². The standard InChI is InChI=1S/C17H25NO2/c1-2-8-18-17(14-7-9-19-11-14)15-10-13-5-3-4-6-16(13)20-12-15/h3-6,14-15,17-18H,2,7-12H2,1H3. The van der Waals surface area contributed by atoms with Gasteiger partial charge in [-0.3, -0.25) is 0 Å². The quantitative estimate of drug-likeness (QED) is 0.896. The summed E-state index contributed by atoms with van der Waals surface area (Å²) >= 11 is 0. The number of rotatable bonds is 5. The topological polar surface area (TPSA) is 30.5 Å². The normalized spacial score (nSPS) is 26.9. The molecule has 3 unspecified atom stereocenters. The van der Waals surface area contributed by atoms with Gasteiger partial charge in [-0.05, 0) is 37.4 Å². The molecular formula is C17H25NO2. The van der Waals surface area contributed by atoms with Gasteiger partial charge in [-0.2, -0.15) is 0 Å². The lowest BCUT2D eigenvalue weighted by molar-refractivity contribution is 0.132. The maximum absolute atomic E-state index is 5.98. The van der Waals surface area contributed by atoms with E-state index in [1.165, 1.54) is 18.4 Å². The van der Waals surface area contributed by atoms with Crippen molar-refractivity contribution in [1.29, 1.82) is 0 Å². The third-order valence-electron chi connectivity index (χ3n) is 4.52. The zero-order valence-electron chi connectivity index (χ0n) is 12.3. The van der Waals surface area contributed by atoms with Gasteiger partial charge in [-0.25, -0.2) is 0 Å². The number of nitrogens with one attached hydrogen (secondary N) is 1. The zero-order valence-corrected chi connectivity index (χ0v) is 12.3. The van der Waals surface area contributed by atoms with Crippen molar-refractivity contribution in [3.05, 3.63) is 29.8 Å². The summed E-state index contributed by atoms with van der Waals surface area (Å²) in [5, 5.41) is 3.75. The molecule has 110 valence electrons. The van der Waals surface area contributed by atoms with Gasteiger partial charge in [0.2, 0.25) is 0 Å². The molecule has 20 heavy (non-hydrogen) atoms. The Labute approximate surface area is 121 Å². The Kier molecular flexibility index (Phi) is 4.58. The highest BCUT2D eigenvalue weighted by Crippen LogP contribution is 2.32. The molecular weight excluding hydrogens is 250 g/mol. The predicted molar refractivity (Wildman–Crippen MR) is 80.1 cm³/mol. The van der Waals surface area contributed by atoms with Crippen molar-refractivity contribution >= 4 is 0 Å². The summed E-state index contributed by atoms with van der Waals surface area (Å²) < 4.78 is 11.6. The van der Waals surface area contributed by atoms with Crippen LogP contribution in [0.25, 0.3) is 0 Å². The molecule has 3 heteroatoms. The number of ether oxygens (including phenoxy) is 2. The van der Waals surface area contributed by atoms with Crippen molar-refractivity contribution in [2.75, 3.05) is 26.4 Å². The Bertz CT molecular complexity index is 429. The molecule has 1 fully saturated rings. The van der Waals surface area contributed by atoms with Crippen LogP contribution in [0.5, 0.6) is 5.75 Å². The highest BCUT2D eigenvalue weighted by Gasteiger charge is 2.34. The second kappa shape index (κ2) is 6.59. The first-order chi connectivity index (χ1) is 9.88. The molecule has 3 nitrogen and oxygen atoms in total. The largest absolute Gasteiger partial charge is 0.493 e. The van der Waals surface area contributed by atoms with Crippen LogP contribution >= 0.6 is 0 Å². The minimum atomic E-state index is 0.519. The molecule has 2 heterocycles. The molecule has 0 aliphatic carbocycles. The van der Waals surface area contributed by atoms with E-state index in [0.29, 0.717) is 17.9 Å². The van der Waals surface area contributed by atoms with Gasteiger partial charge in [-0.1, -0.05) is 25.1 Å². The first-order valence-electron chi connectivity index (χ1n) is 7.90. The Balaban J connectivity index is 1.71. The van der Waals surface area contributed by atoms with Crippen LogP contribution in [0.1, 0.15) is 25.3 Å². The van der Waals surface area contributed by atoms with Crippen LogP contribution in [0.4, 0.5) is 0 Å². The summed E-state index contributed by atoms with van der Waals surface area (Å²) in [7, 11) is 0. The van der Waals surface area contributed by atoms with Gasteiger partial charge in [0.25, 0.3) is 0 Å². The fraction of sp³-hybridized carbons (Fsp3) is 0.647. The van der Waals surface area contributed by atoms with Crippen molar-refractivity contribution < 1.29 is 9.47 Å². The molecule has 1 saturated heterocycles. The first-order valence-corrected chi connectivity index (χ1v) is 7.90. The van der Waals surface area contributed by atoms with Crippen molar-refractivity contribution in [3.8, 4) is 5.75 Å². The summed E-state index contributed by atoms with van der Waals surface area (Å²) in [6, 6.07) is 8.96. The summed E-state index contributed by atoms with van der Waals surface area (Å²) in [6.07, 6.45) is 3.47. The van der Waals surface area contributed by atoms with Crippen molar-refractivity contribution in [3.63, 3.8) is 0 Å². The van der Waals surface area contributed by atoms with Crippen molar-refractivity contribution in [2.45, 2.75) is 32.2 Å². The van der Waals surface area contributed by atoms with Gasteiger partial charge in [0, 0.05) is 24.5 Å². The monoisotopic (exact) mass is 275 g/mol. The van der Waals surface area contributed by atoms with Crippen LogP contribution in [0, 0.1) is 11.8 Å². The smallest absolute Gasteiger partial charge is 0.122 e. The molecule has 1 aromatic carbocycles. The molecule has 2 aliphatic heterocycles. The number of fused-ring (bicyclic) bond motifs is 1. The summed E-state index contributed by atoms with van der Waals surface area (Å²) in [4.78, 5) is 0. The van der Waals surface area contributed by atoms with E-state index >= 15 is 0 Å². The van der Waals surface area contributed by atoms with E-state index in [1.54, 1.807) is 0 Å². The zero-order chi connectivity index (χ0) is 13.8. The second-order valence-electron chi connectivity index (χ2n) is 5.99. The maximum Gasteiger partial charge on any atom is 0.122 e. The number of benzene rings is 1. The lowest BCUT2D eigenvalue weighted by Crippen LogP contribution is -2.47. The van der Waals surface area contributed by atoms with Gasteiger partial charge in [-0.15, -0.1) is 0 Å². The SMILES string of the molecule is CCCNC(C1CCOC1)C1COc2ccccc2C1. The van der Waals surface area contributed by atoms with Gasteiger partial charge in [0.15, 0.2) is 0 Å². The molecule has 1 N–H and O–H groups in total. The van der Waals surface area contributed by atoms with E-state index in [-0.39, 0.29) is 0 Å². The van der Waals surface area contributed by atoms with Crippen LogP contribution in [-0.4, -0.2) is 32.4 Å².